The zero-order valence-corrected chi connectivity index (χ0v) is 14.3. The molecule has 0 saturated heterocycles. The maximum Gasteiger partial charge on any atom is 0.0234 e. The Hall–Kier alpha value is -1.25. The maximum atomic E-state index is 3.57. The minimum atomic E-state index is 0.147. The van der Waals surface area contributed by atoms with Gasteiger partial charge in [0.2, 0.25) is 0 Å². The van der Waals surface area contributed by atoms with E-state index in [2.05, 4.69) is 81.5 Å². The SMILES string of the molecule is Cc1ccccc1CSc1ccccc1CNC(C)(C)C. The molecule has 2 aromatic rings. The lowest BCUT2D eigenvalue weighted by atomic mass is 10.1. The molecule has 112 valence electrons. The Morgan fingerprint density at radius 3 is 2.19 bits per heavy atom. The smallest absolute Gasteiger partial charge is 0.0234 e. The molecular formula is C19H25NS. The zero-order valence-electron chi connectivity index (χ0n) is 13.4. The Kier molecular flexibility index (Phi) is 5.49. The van der Waals surface area contributed by atoms with Crippen molar-refractivity contribution in [2.45, 2.75) is 50.4 Å². The Labute approximate surface area is 133 Å². The summed E-state index contributed by atoms with van der Waals surface area (Å²) in [6, 6.07) is 17.3. The Morgan fingerprint density at radius 1 is 0.905 bits per heavy atom. The Morgan fingerprint density at radius 2 is 1.52 bits per heavy atom. The highest BCUT2D eigenvalue weighted by atomic mass is 32.2. The lowest BCUT2D eigenvalue weighted by Crippen LogP contribution is -2.35. The van der Waals surface area contributed by atoms with Crippen LogP contribution in [-0.2, 0) is 12.3 Å². The van der Waals surface area contributed by atoms with E-state index >= 15 is 0 Å². The quantitative estimate of drug-likeness (QED) is 0.764. The van der Waals surface area contributed by atoms with E-state index in [-0.39, 0.29) is 5.54 Å². The van der Waals surface area contributed by atoms with Gasteiger partial charge in [0, 0.05) is 22.7 Å². The van der Waals surface area contributed by atoms with Gasteiger partial charge < -0.3 is 5.32 Å². The highest BCUT2D eigenvalue weighted by molar-refractivity contribution is 7.98. The third kappa shape index (κ3) is 5.22. The molecule has 0 spiro atoms. The van der Waals surface area contributed by atoms with Gasteiger partial charge in [-0.05, 0) is 50.5 Å². The molecule has 0 fully saturated rings. The third-order valence-corrected chi connectivity index (χ3v) is 4.59. The first-order valence-electron chi connectivity index (χ1n) is 7.46. The fraction of sp³-hybridized carbons (Fsp3) is 0.368. The van der Waals surface area contributed by atoms with E-state index in [1.165, 1.54) is 21.6 Å². The molecule has 0 bridgehead atoms. The van der Waals surface area contributed by atoms with Gasteiger partial charge >= 0.3 is 0 Å². The first kappa shape index (κ1) is 16.1. The fourth-order valence-electron chi connectivity index (χ4n) is 2.08. The van der Waals surface area contributed by atoms with Crippen molar-refractivity contribution in [1.82, 2.24) is 5.32 Å². The molecule has 0 aliphatic heterocycles. The van der Waals surface area contributed by atoms with Gasteiger partial charge in [0.25, 0.3) is 0 Å². The normalized spacial score (nSPS) is 11.6. The van der Waals surface area contributed by atoms with Crippen LogP contribution in [-0.4, -0.2) is 5.54 Å². The summed E-state index contributed by atoms with van der Waals surface area (Å²) in [7, 11) is 0. The average Bonchev–Trinajstić information content (AvgIpc) is 2.44. The second kappa shape index (κ2) is 7.15. The third-order valence-electron chi connectivity index (χ3n) is 3.43. The Balaban J connectivity index is 2.05. The number of hydrogen-bond donors (Lipinski definition) is 1. The number of aryl methyl sites for hydroxylation is 1. The van der Waals surface area contributed by atoms with Crippen molar-refractivity contribution in [1.29, 1.82) is 0 Å². The van der Waals surface area contributed by atoms with Gasteiger partial charge in [0.1, 0.15) is 0 Å². The van der Waals surface area contributed by atoms with Crippen molar-refractivity contribution >= 4 is 11.8 Å². The summed E-state index contributed by atoms with van der Waals surface area (Å²) in [6.45, 7) is 9.71. The van der Waals surface area contributed by atoms with E-state index in [0.717, 1.165) is 12.3 Å². The minimum Gasteiger partial charge on any atom is -0.308 e. The van der Waals surface area contributed by atoms with E-state index in [0.29, 0.717) is 0 Å². The second-order valence-electron chi connectivity index (χ2n) is 6.43. The van der Waals surface area contributed by atoms with Gasteiger partial charge in [-0.3, -0.25) is 0 Å². The summed E-state index contributed by atoms with van der Waals surface area (Å²) in [5.74, 6) is 1.03. The summed E-state index contributed by atoms with van der Waals surface area (Å²) < 4.78 is 0. The van der Waals surface area contributed by atoms with Crippen LogP contribution < -0.4 is 5.32 Å². The van der Waals surface area contributed by atoms with E-state index in [1.807, 2.05) is 11.8 Å². The monoisotopic (exact) mass is 299 g/mol. The predicted octanol–water partition coefficient (Wildman–Crippen LogP) is 5.18. The van der Waals surface area contributed by atoms with Crippen LogP contribution in [0.5, 0.6) is 0 Å². The van der Waals surface area contributed by atoms with Gasteiger partial charge in [0.15, 0.2) is 0 Å². The number of thioether (sulfide) groups is 1. The van der Waals surface area contributed by atoms with E-state index in [9.17, 15) is 0 Å². The fourth-order valence-corrected chi connectivity index (χ4v) is 3.21. The predicted molar refractivity (Wildman–Crippen MR) is 93.8 cm³/mol. The van der Waals surface area contributed by atoms with Gasteiger partial charge in [-0.2, -0.15) is 0 Å². The molecule has 0 aromatic heterocycles. The number of rotatable bonds is 5. The summed E-state index contributed by atoms with van der Waals surface area (Å²) in [4.78, 5) is 1.37. The molecule has 0 unspecified atom stereocenters. The summed E-state index contributed by atoms with van der Waals surface area (Å²) in [6.07, 6.45) is 0. The van der Waals surface area contributed by atoms with Crippen molar-refractivity contribution in [3.63, 3.8) is 0 Å². The molecule has 0 atom stereocenters. The lowest BCUT2D eigenvalue weighted by molar-refractivity contribution is 0.422. The van der Waals surface area contributed by atoms with Gasteiger partial charge in [-0.15, -0.1) is 11.8 Å². The van der Waals surface area contributed by atoms with Crippen LogP contribution in [0.2, 0.25) is 0 Å². The van der Waals surface area contributed by atoms with Crippen molar-refractivity contribution in [3.05, 3.63) is 65.2 Å². The first-order chi connectivity index (χ1) is 9.96. The molecule has 2 rings (SSSR count). The van der Waals surface area contributed by atoms with E-state index < -0.39 is 0 Å². The maximum absolute atomic E-state index is 3.57. The van der Waals surface area contributed by atoms with E-state index in [1.54, 1.807) is 0 Å². The van der Waals surface area contributed by atoms with Gasteiger partial charge in [-0.1, -0.05) is 42.5 Å². The van der Waals surface area contributed by atoms with Crippen molar-refractivity contribution in [2.24, 2.45) is 0 Å². The molecule has 1 N–H and O–H groups in total. The van der Waals surface area contributed by atoms with E-state index in [4.69, 9.17) is 0 Å². The Bertz CT molecular complexity index is 584. The molecule has 1 nitrogen and oxygen atoms in total. The van der Waals surface area contributed by atoms with Crippen LogP contribution in [0.3, 0.4) is 0 Å². The van der Waals surface area contributed by atoms with Crippen LogP contribution >= 0.6 is 11.8 Å². The highest BCUT2D eigenvalue weighted by Gasteiger charge is 2.10. The van der Waals surface area contributed by atoms with Crippen LogP contribution in [0, 0.1) is 6.92 Å². The second-order valence-corrected chi connectivity index (χ2v) is 7.44. The molecule has 0 saturated carbocycles. The molecular weight excluding hydrogens is 274 g/mol. The number of benzene rings is 2. The highest BCUT2D eigenvalue weighted by Crippen LogP contribution is 2.27. The molecule has 2 aromatic carbocycles. The molecule has 0 amide bonds. The largest absolute Gasteiger partial charge is 0.308 e. The zero-order chi connectivity index (χ0) is 15.3. The molecule has 21 heavy (non-hydrogen) atoms. The van der Waals surface area contributed by atoms with Crippen LogP contribution in [0.4, 0.5) is 0 Å². The topological polar surface area (TPSA) is 12.0 Å². The summed E-state index contributed by atoms with van der Waals surface area (Å²) >= 11 is 1.92. The molecule has 0 aliphatic rings. The molecule has 0 heterocycles. The van der Waals surface area contributed by atoms with Crippen LogP contribution in [0.1, 0.15) is 37.5 Å². The van der Waals surface area contributed by atoms with Crippen molar-refractivity contribution < 1.29 is 0 Å². The number of nitrogens with one attached hydrogen (secondary N) is 1. The lowest BCUT2D eigenvalue weighted by Gasteiger charge is -2.21. The van der Waals surface area contributed by atoms with Gasteiger partial charge in [0.05, 0.1) is 0 Å². The first-order valence-corrected chi connectivity index (χ1v) is 8.44. The average molecular weight is 299 g/mol. The summed E-state index contributed by atoms with van der Waals surface area (Å²) in [5.41, 5.74) is 4.32. The van der Waals surface area contributed by atoms with Crippen molar-refractivity contribution in [3.8, 4) is 0 Å². The minimum absolute atomic E-state index is 0.147. The summed E-state index contributed by atoms with van der Waals surface area (Å²) in [5, 5.41) is 3.57. The standard InChI is InChI=1S/C19H25NS/c1-15-9-5-6-11-17(15)14-21-18-12-8-7-10-16(18)13-20-19(2,3)4/h5-12,20H,13-14H2,1-4H3. The van der Waals surface area contributed by atoms with Crippen LogP contribution in [0.15, 0.2) is 53.4 Å². The molecule has 0 radical (unpaired) electrons. The molecule has 0 aliphatic carbocycles. The van der Waals surface area contributed by atoms with Gasteiger partial charge in [-0.25, -0.2) is 0 Å². The van der Waals surface area contributed by atoms with Crippen LogP contribution in [0.25, 0.3) is 0 Å². The molecule has 2 heteroatoms. The number of hydrogen-bond acceptors (Lipinski definition) is 2. The van der Waals surface area contributed by atoms with Crippen molar-refractivity contribution in [2.75, 3.05) is 0 Å².